The van der Waals surface area contributed by atoms with Crippen LogP contribution in [-0.2, 0) is 47.6 Å². The first-order chi connectivity index (χ1) is 37.3. The molecule has 19 heteroatoms. The van der Waals surface area contributed by atoms with Crippen LogP contribution in [-0.4, -0.2) is 86.8 Å². The fraction of sp³-hybridized carbons (Fsp3) is 0.867. The number of carbonyl (C=O) groups excluding carboxylic acids is 3. The number of hydrogen-bond acceptors (Lipinski definition) is 18. The van der Waals surface area contributed by atoms with Crippen LogP contribution in [0.4, 0.5) is 0 Å². The van der Waals surface area contributed by atoms with E-state index in [1.165, 1.54) is 71.6 Å². The Morgan fingerprint density at radius 1 is 0.418 bits per heavy atom. The van der Waals surface area contributed by atoms with Crippen molar-refractivity contribution < 1.29 is 52.7 Å². The highest BCUT2D eigenvalue weighted by Gasteiger charge is 2.55. The summed E-state index contributed by atoms with van der Waals surface area (Å²) >= 11 is 0. The van der Waals surface area contributed by atoms with E-state index in [1.807, 2.05) is 12.1 Å². The minimum Gasteiger partial charge on any atom is -0.481 e. The number of carboxylic acids is 1. The van der Waals surface area contributed by atoms with E-state index in [1.54, 1.807) is 34.6 Å². The van der Waals surface area contributed by atoms with Gasteiger partial charge in [-0.2, -0.15) is 41.5 Å². The number of esters is 3. The Morgan fingerprint density at radius 3 is 0.785 bits per heavy atom. The first-order valence-electron chi connectivity index (χ1n) is 29.6. The number of nitrogens with zero attached hydrogens (tertiary/aromatic N) is 8. The predicted octanol–water partition coefficient (Wildman–Crippen LogP) is 11.8. The Balaban J connectivity index is 0.000000220. The number of ether oxygens (including phenoxy) is 6. The lowest BCUT2D eigenvalue weighted by Gasteiger charge is -2.56. The van der Waals surface area contributed by atoms with Crippen LogP contribution in [0, 0.1) is 98.6 Å². The Morgan fingerprint density at radius 2 is 0.608 bits per heavy atom. The van der Waals surface area contributed by atoms with Crippen LogP contribution in [0.25, 0.3) is 0 Å². The maximum absolute atomic E-state index is 12.7. The number of aliphatic carboxylic acids is 1. The number of rotatable bonds is 25. The zero-order valence-corrected chi connectivity index (χ0v) is 47.9. The van der Waals surface area contributed by atoms with Gasteiger partial charge in [0, 0.05) is 25.7 Å². The quantitative estimate of drug-likeness (QED) is 0.0385. The van der Waals surface area contributed by atoms with E-state index in [-0.39, 0.29) is 68.2 Å². The van der Waals surface area contributed by atoms with Crippen molar-refractivity contribution in [1.82, 2.24) is 0 Å². The number of nitriles is 4. The molecule has 0 heterocycles. The van der Waals surface area contributed by atoms with Gasteiger partial charge >= 0.3 is 23.9 Å². The van der Waals surface area contributed by atoms with Gasteiger partial charge in [0.1, 0.15) is 0 Å². The summed E-state index contributed by atoms with van der Waals surface area (Å²) in [6.45, 7) is 11.4. The minimum absolute atomic E-state index is 0.0228. The Labute approximate surface area is 467 Å². The second kappa shape index (κ2) is 24.2. The van der Waals surface area contributed by atoms with E-state index < -0.39 is 64.9 Å². The largest absolute Gasteiger partial charge is 0.481 e. The van der Waals surface area contributed by atoms with Crippen LogP contribution in [0.2, 0.25) is 0 Å². The zero-order chi connectivity index (χ0) is 57.0. The van der Waals surface area contributed by atoms with Crippen LogP contribution in [0.15, 0.2) is 20.5 Å². The number of azo groups is 2. The first-order valence-corrected chi connectivity index (χ1v) is 29.6. The highest BCUT2D eigenvalue weighted by atomic mass is 16.7. The van der Waals surface area contributed by atoms with Gasteiger partial charge in [0.05, 0.1) is 41.1 Å². The molecule has 0 aromatic rings. The number of carboxylic acid groups (broad SMARTS) is 1. The van der Waals surface area contributed by atoms with Crippen LogP contribution in [0.1, 0.15) is 215 Å². The first kappa shape index (κ1) is 60.0. The van der Waals surface area contributed by atoms with Crippen molar-refractivity contribution in [1.29, 1.82) is 21.0 Å². The molecule has 12 rings (SSSR count). The molecule has 12 bridgehead atoms. The van der Waals surface area contributed by atoms with E-state index in [2.05, 4.69) is 32.6 Å². The molecule has 0 aliphatic heterocycles. The highest BCUT2D eigenvalue weighted by molar-refractivity contribution is 5.70. The van der Waals surface area contributed by atoms with Gasteiger partial charge in [-0.15, -0.1) is 0 Å². The van der Waals surface area contributed by atoms with Crippen molar-refractivity contribution in [2.24, 2.45) is 73.7 Å². The van der Waals surface area contributed by atoms with Crippen LogP contribution < -0.4 is 0 Å². The van der Waals surface area contributed by atoms with Crippen molar-refractivity contribution in [3.63, 3.8) is 0 Å². The average Bonchev–Trinajstić information content (AvgIpc) is 3.46. The van der Waals surface area contributed by atoms with Crippen molar-refractivity contribution in [3.05, 3.63) is 0 Å². The SMILES string of the molecule is CC(OC(=O)CCC(C)(C#N)N=NC(C)(C#N)CCC(=O)O)OC12CC3CC(CC(C3)C1)C2.CC(OC(=O)CCC(C)(C#N)N=NC(C)(C#N)CCC(=O)OC(C)OC12CC3CC(CC(C3)C1)C2)OC12CC3CC(CC(C3)C1)C2. The van der Waals surface area contributed by atoms with Gasteiger partial charge in [-0.1, -0.05) is 0 Å². The van der Waals surface area contributed by atoms with Gasteiger partial charge in [-0.05, 0) is 243 Å². The van der Waals surface area contributed by atoms with Crippen LogP contribution in [0.3, 0.4) is 0 Å². The molecule has 7 atom stereocenters. The molecule has 0 spiro atoms. The Bertz CT molecular complexity index is 2290. The summed E-state index contributed by atoms with van der Waals surface area (Å²) in [4.78, 5) is 48.7. The summed E-state index contributed by atoms with van der Waals surface area (Å²) in [7, 11) is 0. The molecule has 0 aromatic heterocycles. The third kappa shape index (κ3) is 15.7. The van der Waals surface area contributed by atoms with Gasteiger partial charge in [-0.3, -0.25) is 19.2 Å². The molecule has 0 amide bonds. The lowest BCUT2D eigenvalue weighted by atomic mass is 9.54. The van der Waals surface area contributed by atoms with Crippen LogP contribution in [0.5, 0.6) is 0 Å². The van der Waals surface area contributed by atoms with Crippen LogP contribution >= 0.6 is 0 Å². The van der Waals surface area contributed by atoms with Gasteiger partial charge in [0.25, 0.3) is 0 Å². The molecule has 432 valence electrons. The number of carbonyl (C=O) groups is 4. The molecule has 0 radical (unpaired) electrons. The Kier molecular flexibility index (Phi) is 18.4. The lowest BCUT2D eigenvalue weighted by Crippen LogP contribution is -2.53. The number of hydrogen-bond donors (Lipinski definition) is 1. The van der Waals surface area contributed by atoms with Crippen molar-refractivity contribution >= 4 is 23.9 Å². The van der Waals surface area contributed by atoms with Gasteiger partial charge in [0.2, 0.25) is 18.9 Å². The molecular weight excluding hydrogens is 1010 g/mol. The highest BCUT2D eigenvalue weighted by Crippen LogP contribution is 2.60. The van der Waals surface area contributed by atoms with E-state index in [0.717, 1.165) is 111 Å². The molecule has 12 fully saturated rings. The van der Waals surface area contributed by atoms with E-state index in [4.69, 9.17) is 33.5 Å². The molecule has 12 saturated carbocycles. The average molecular weight is 1100 g/mol. The topological polar surface area (TPSA) is 288 Å². The molecule has 12 aliphatic carbocycles. The molecule has 12 aliphatic rings. The summed E-state index contributed by atoms with van der Waals surface area (Å²) in [5, 5.41) is 63.8. The Hall–Kier alpha value is -5.08. The minimum atomic E-state index is -1.35. The van der Waals surface area contributed by atoms with Crippen molar-refractivity contribution in [3.8, 4) is 24.3 Å². The summed E-state index contributed by atoms with van der Waals surface area (Å²) in [5.41, 5.74) is -5.85. The molecule has 1 N–H and O–H groups in total. The lowest BCUT2D eigenvalue weighted by molar-refractivity contribution is -0.246. The van der Waals surface area contributed by atoms with Crippen molar-refractivity contribution in [2.45, 2.75) is 273 Å². The molecule has 19 nitrogen and oxygen atoms in total. The maximum atomic E-state index is 12.7. The monoisotopic (exact) mass is 1090 g/mol. The van der Waals surface area contributed by atoms with E-state index >= 15 is 0 Å². The maximum Gasteiger partial charge on any atom is 0.308 e. The summed E-state index contributed by atoms with van der Waals surface area (Å²) in [5.74, 6) is 4.16. The zero-order valence-electron chi connectivity index (χ0n) is 47.9. The molecule has 7 unspecified atom stereocenters. The molecule has 79 heavy (non-hydrogen) atoms. The molecule has 0 saturated heterocycles. The third-order valence-electron chi connectivity index (χ3n) is 19.3. The second-order valence-corrected chi connectivity index (χ2v) is 27.2. The predicted molar refractivity (Wildman–Crippen MR) is 283 cm³/mol. The molecule has 0 aromatic carbocycles. The summed E-state index contributed by atoms with van der Waals surface area (Å²) < 4.78 is 35.8. The van der Waals surface area contributed by atoms with Gasteiger partial charge < -0.3 is 33.5 Å². The fourth-order valence-corrected chi connectivity index (χ4v) is 16.7. The smallest absolute Gasteiger partial charge is 0.308 e. The summed E-state index contributed by atoms with van der Waals surface area (Å²) in [6, 6.07) is 8.21. The molecular formula is C60H86N8O11. The summed E-state index contributed by atoms with van der Waals surface area (Å²) in [6.07, 6.45) is 19.1. The van der Waals surface area contributed by atoms with Crippen molar-refractivity contribution in [2.75, 3.05) is 0 Å². The van der Waals surface area contributed by atoms with Gasteiger partial charge in [0.15, 0.2) is 22.2 Å². The van der Waals surface area contributed by atoms with E-state index in [0.29, 0.717) is 0 Å². The third-order valence-corrected chi connectivity index (χ3v) is 19.3. The second-order valence-electron chi connectivity index (χ2n) is 27.2. The van der Waals surface area contributed by atoms with E-state index in [9.17, 15) is 40.2 Å². The normalized spacial score (nSPS) is 36.3. The standard InChI is InChI=1S/C36H52N4O6.C24H34N4O5/c1-23(45-35-15-25-9-26(16-35)11-27(10-25)17-35)43-31(41)5-7-33(3,21-37)39-40-34(4,22-38)8-6-32(42)44-24(2)46-36-18-28-12-29(19-36)14-30(13-28)20-36;1-16(33-24-11-17-8-18(12-24)10-19(9-17)13-24)32-21(31)5-7-23(3,15-26)28-27-22(2,14-25)6-4-20(29)30/h23-30H,5-20H2,1-4H3;16-19H,4-13H2,1-3H3,(H,29,30). The van der Waals surface area contributed by atoms with Gasteiger partial charge in [-0.25, -0.2) is 0 Å². The fourth-order valence-electron chi connectivity index (χ4n) is 16.7.